The summed E-state index contributed by atoms with van der Waals surface area (Å²) in [4.78, 5) is 6.49. The van der Waals surface area contributed by atoms with Gasteiger partial charge in [-0.25, -0.2) is 4.40 Å². The standard InChI is InChI=1S/C12H15N5O/c1-6-7(2)18-11-9(6)10-15-14-8(3)17(10)12(13-11)16(4)5/h1-5H3. The number of aromatic nitrogens is 4. The predicted octanol–water partition coefficient (Wildman–Crippen LogP) is 1.86. The average Bonchev–Trinajstić information content (AvgIpc) is 2.81. The Morgan fingerprint density at radius 2 is 1.83 bits per heavy atom. The number of rotatable bonds is 1. The largest absolute Gasteiger partial charge is 0.443 e. The second-order valence-corrected chi connectivity index (χ2v) is 4.68. The van der Waals surface area contributed by atoms with Gasteiger partial charge in [-0.1, -0.05) is 0 Å². The van der Waals surface area contributed by atoms with Crippen molar-refractivity contribution in [1.29, 1.82) is 0 Å². The minimum Gasteiger partial charge on any atom is -0.443 e. The summed E-state index contributed by atoms with van der Waals surface area (Å²) >= 11 is 0. The molecule has 0 N–H and O–H groups in total. The fraction of sp³-hybridized carbons (Fsp3) is 0.417. The fourth-order valence-electron chi connectivity index (χ4n) is 2.16. The Labute approximate surface area is 104 Å². The van der Waals surface area contributed by atoms with Gasteiger partial charge in [0, 0.05) is 19.7 Å². The van der Waals surface area contributed by atoms with E-state index in [2.05, 4.69) is 15.2 Å². The van der Waals surface area contributed by atoms with Crippen LogP contribution in [0, 0.1) is 20.8 Å². The van der Waals surface area contributed by atoms with Crippen LogP contribution in [0.2, 0.25) is 0 Å². The first kappa shape index (κ1) is 11.0. The molecule has 0 aliphatic heterocycles. The van der Waals surface area contributed by atoms with E-state index in [4.69, 9.17) is 4.42 Å². The van der Waals surface area contributed by atoms with Crippen LogP contribution in [-0.4, -0.2) is 33.7 Å². The number of fused-ring (bicyclic) bond motifs is 3. The highest BCUT2D eigenvalue weighted by Crippen LogP contribution is 2.29. The van der Waals surface area contributed by atoms with Gasteiger partial charge in [-0.05, 0) is 20.8 Å². The Morgan fingerprint density at radius 1 is 1.11 bits per heavy atom. The van der Waals surface area contributed by atoms with Gasteiger partial charge in [-0.15, -0.1) is 10.2 Å². The Kier molecular flexibility index (Phi) is 2.10. The number of nitrogens with zero attached hydrogens (tertiary/aromatic N) is 5. The van der Waals surface area contributed by atoms with Crippen molar-refractivity contribution in [3.63, 3.8) is 0 Å². The van der Waals surface area contributed by atoms with Crippen molar-refractivity contribution in [2.45, 2.75) is 20.8 Å². The molecule has 0 radical (unpaired) electrons. The Hall–Kier alpha value is -2.11. The molecule has 3 heterocycles. The van der Waals surface area contributed by atoms with Gasteiger partial charge in [-0.3, -0.25) is 0 Å². The normalized spacial score (nSPS) is 11.6. The predicted molar refractivity (Wildman–Crippen MR) is 69.1 cm³/mol. The van der Waals surface area contributed by atoms with E-state index in [0.717, 1.165) is 34.1 Å². The summed E-state index contributed by atoms with van der Waals surface area (Å²) in [5.41, 5.74) is 2.49. The molecule has 0 spiro atoms. The SMILES string of the molecule is Cc1oc2nc(N(C)C)n3c(C)nnc3c2c1C. The zero-order valence-corrected chi connectivity index (χ0v) is 11.1. The molecule has 0 amide bonds. The molecule has 3 aromatic rings. The van der Waals surface area contributed by atoms with Gasteiger partial charge in [0.05, 0.1) is 5.39 Å². The van der Waals surface area contributed by atoms with Crippen LogP contribution in [0.3, 0.4) is 0 Å². The fourth-order valence-corrected chi connectivity index (χ4v) is 2.16. The summed E-state index contributed by atoms with van der Waals surface area (Å²) in [6.07, 6.45) is 0. The highest BCUT2D eigenvalue weighted by molar-refractivity contribution is 5.93. The van der Waals surface area contributed by atoms with E-state index in [1.54, 1.807) is 0 Å². The maximum atomic E-state index is 5.69. The third-order valence-corrected chi connectivity index (χ3v) is 3.22. The third-order valence-electron chi connectivity index (χ3n) is 3.22. The molecule has 0 bridgehead atoms. The number of hydrogen-bond acceptors (Lipinski definition) is 5. The van der Waals surface area contributed by atoms with Crippen LogP contribution < -0.4 is 4.90 Å². The van der Waals surface area contributed by atoms with Crippen LogP contribution in [0.1, 0.15) is 17.1 Å². The number of anilines is 1. The quantitative estimate of drug-likeness (QED) is 0.655. The maximum absolute atomic E-state index is 5.69. The number of hydrogen-bond donors (Lipinski definition) is 0. The monoisotopic (exact) mass is 245 g/mol. The minimum absolute atomic E-state index is 0.619. The molecule has 94 valence electrons. The lowest BCUT2D eigenvalue weighted by Gasteiger charge is -2.13. The molecular weight excluding hydrogens is 230 g/mol. The van der Waals surface area contributed by atoms with Gasteiger partial charge < -0.3 is 9.32 Å². The zero-order valence-electron chi connectivity index (χ0n) is 11.1. The van der Waals surface area contributed by atoms with Gasteiger partial charge >= 0.3 is 0 Å². The van der Waals surface area contributed by atoms with E-state index < -0.39 is 0 Å². The van der Waals surface area contributed by atoms with E-state index >= 15 is 0 Å². The molecule has 6 nitrogen and oxygen atoms in total. The molecule has 0 aliphatic rings. The Bertz CT molecular complexity index is 753. The lowest BCUT2D eigenvalue weighted by molar-refractivity contribution is 0.563. The van der Waals surface area contributed by atoms with Crippen molar-refractivity contribution in [2.75, 3.05) is 19.0 Å². The van der Waals surface area contributed by atoms with E-state index in [0.29, 0.717) is 5.71 Å². The first-order valence-corrected chi connectivity index (χ1v) is 5.79. The van der Waals surface area contributed by atoms with Crippen molar-refractivity contribution in [2.24, 2.45) is 0 Å². The molecule has 0 unspecified atom stereocenters. The summed E-state index contributed by atoms with van der Waals surface area (Å²) in [5.74, 6) is 2.46. The first-order valence-electron chi connectivity index (χ1n) is 5.79. The molecule has 0 saturated carbocycles. The lowest BCUT2D eigenvalue weighted by atomic mass is 10.2. The van der Waals surface area contributed by atoms with Crippen molar-refractivity contribution in [1.82, 2.24) is 19.6 Å². The second-order valence-electron chi connectivity index (χ2n) is 4.68. The number of aryl methyl sites for hydroxylation is 3. The van der Waals surface area contributed by atoms with Gasteiger partial charge in [-0.2, -0.15) is 4.98 Å². The van der Waals surface area contributed by atoms with E-state index in [9.17, 15) is 0 Å². The van der Waals surface area contributed by atoms with E-state index in [-0.39, 0.29) is 0 Å². The molecule has 6 heteroatoms. The van der Waals surface area contributed by atoms with Gasteiger partial charge in [0.15, 0.2) is 5.65 Å². The van der Waals surface area contributed by atoms with Crippen LogP contribution in [0.4, 0.5) is 5.95 Å². The smallest absolute Gasteiger partial charge is 0.233 e. The van der Waals surface area contributed by atoms with Crippen LogP contribution in [-0.2, 0) is 0 Å². The van der Waals surface area contributed by atoms with Crippen LogP contribution in [0.5, 0.6) is 0 Å². The molecule has 0 saturated heterocycles. The second kappa shape index (κ2) is 3.44. The molecule has 3 rings (SSSR count). The maximum Gasteiger partial charge on any atom is 0.233 e. The van der Waals surface area contributed by atoms with Gasteiger partial charge in [0.2, 0.25) is 11.7 Å². The molecule has 0 fully saturated rings. The molecule has 0 atom stereocenters. The summed E-state index contributed by atoms with van der Waals surface area (Å²) in [7, 11) is 3.88. The first-order chi connectivity index (χ1) is 8.50. The van der Waals surface area contributed by atoms with Gasteiger partial charge in [0.25, 0.3) is 0 Å². The van der Waals surface area contributed by atoms with Crippen molar-refractivity contribution < 1.29 is 4.42 Å². The third kappa shape index (κ3) is 1.25. The zero-order chi connectivity index (χ0) is 13.0. The molecule has 0 aliphatic carbocycles. The summed E-state index contributed by atoms with van der Waals surface area (Å²) in [6.45, 7) is 5.87. The van der Waals surface area contributed by atoms with Crippen molar-refractivity contribution >= 4 is 22.7 Å². The summed E-state index contributed by atoms with van der Waals surface area (Å²) in [6, 6.07) is 0. The van der Waals surface area contributed by atoms with Crippen LogP contribution >= 0.6 is 0 Å². The van der Waals surface area contributed by atoms with Crippen molar-refractivity contribution in [3.05, 3.63) is 17.1 Å². The van der Waals surface area contributed by atoms with E-state index in [1.807, 2.05) is 44.2 Å². The van der Waals surface area contributed by atoms with Crippen LogP contribution in [0.15, 0.2) is 4.42 Å². The van der Waals surface area contributed by atoms with Gasteiger partial charge in [0.1, 0.15) is 11.6 Å². The minimum atomic E-state index is 0.619. The summed E-state index contributed by atoms with van der Waals surface area (Å²) < 4.78 is 7.64. The topological polar surface area (TPSA) is 59.5 Å². The molecule has 3 aromatic heterocycles. The van der Waals surface area contributed by atoms with E-state index in [1.165, 1.54) is 0 Å². The molecule has 18 heavy (non-hydrogen) atoms. The average molecular weight is 245 g/mol. The Morgan fingerprint density at radius 3 is 2.50 bits per heavy atom. The lowest BCUT2D eigenvalue weighted by Crippen LogP contribution is -2.15. The molecular formula is C12H15N5O. The van der Waals surface area contributed by atoms with Crippen LogP contribution in [0.25, 0.3) is 16.7 Å². The molecule has 0 aromatic carbocycles. The Balaban J connectivity index is 2.59. The highest BCUT2D eigenvalue weighted by atomic mass is 16.3. The van der Waals surface area contributed by atoms with Crippen molar-refractivity contribution in [3.8, 4) is 0 Å². The highest BCUT2D eigenvalue weighted by Gasteiger charge is 2.19. The summed E-state index contributed by atoms with van der Waals surface area (Å²) in [5, 5.41) is 9.34. The number of furan rings is 1.